The minimum Gasteiger partial charge on any atom is -0.379 e. The molecule has 3 N–H and O–H groups in total. The molecule has 0 aromatic carbocycles. The van der Waals surface area contributed by atoms with Crippen LogP contribution in [0.4, 0.5) is 5.69 Å². The van der Waals surface area contributed by atoms with Gasteiger partial charge in [-0.2, -0.15) is 0 Å². The smallest absolute Gasteiger partial charge is 0.131 e. The third-order valence-corrected chi connectivity index (χ3v) is 6.57. The van der Waals surface area contributed by atoms with E-state index in [9.17, 15) is 0 Å². The number of halogens is 1. The average Bonchev–Trinajstić information content (AvgIpc) is 3.28. The number of nitrogens with one attached hydrogen (secondary N) is 1. The molecule has 0 saturated heterocycles. The van der Waals surface area contributed by atoms with Gasteiger partial charge in [0, 0.05) is 23.5 Å². The Labute approximate surface area is 168 Å². The summed E-state index contributed by atoms with van der Waals surface area (Å²) in [4.78, 5) is 5.59. The molecule has 3 heterocycles. The molecule has 26 heavy (non-hydrogen) atoms. The summed E-state index contributed by atoms with van der Waals surface area (Å²) < 4.78 is 1.16. The fourth-order valence-corrected chi connectivity index (χ4v) is 4.81. The van der Waals surface area contributed by atoms with Crippen molar-refractivity contribution in [2.75, 3.05) is 5.32 Å². The molecule has 140 valence electrons. The molecule has 0 unspecified atom stereocenters. The number of nitrogens with zero attached hydrogens (tertiary/aromatic N) is 1. The Morgan fingerprint density at radius 1 is 1.08 bits per heavy atom. The van der Waals surface area contributed by atoms with Crippen molar-refractivity contribution in [3.05, 3.63) is 45.1 Å². The van der Waals surface area contributed by atoms with Crippen molar-refractivity contribution in [2.45, 2.75) is 57.5 Å². The largest absolute Gasteiger partial charge is 0.379 e. The van der Waals surface area contributed by atoms with Crippen LogP contribution in [0.3, 0.4) is 0 Å². The van der Waals surface area contributed by atoms with Gasteiger partial charge in [-0.1, -0.05) is 49.8 Å². The minimum absolute atomic E-state index is 0.519. The van der Waals surface area contributed by atoms with Gasteiger partial charge in [-0.05, 0) is 35.7 Å². The highest BCUT2D eigenvalue weighted by atomic mass is 35.5. The normalized spacial score (nSPS) is 15.8. The molecule has 0 aliphatic heterocycles. The zero-order valence-electron chi connectivity index (χ0n) is 14.9. The van der Waals surface area contributed by atoms with E-state index in [1.54, 1.807) is 22.7 Å². The lowest BCUT2D eigenvalue weighted by Crippen LogP contribution is -2.20. The average molecular weight is 408 g/mol. The molecular weight excluding hydrogens is 382 g/mol. The van der Waals surface area contributed by atoms with E-state index in [1.165, 1.54) is 49.8 Å². The molecule has 4 rings (SSSR count). The van der Waals surface area contributed by atoms with Crippen molar-refractivity contribution in [3.8, 4) is 0 Å². The summed E-state index contributed by atoms with van der Waals surface area (Å²) in [6.45, 7) is 0.824. The lowest BCUT2D eigenvalue weighted by Gasteiger charge is -2.13. The molecule has 3 nitrogen and oxygen atoms in total. The number of hydrogen-bond acceptors (Lipinski definition) is 5. The fraction of sp³-hybridized carbons (Fsp3) is 0.450. The van der Waals surface area contributed by atoms with Crippen molar-refractivity contribution >= 4 is 50.2 Å². The molecule has 3 aromatic rings. The number of thiophene rings is 2. The van der Waals surface area contributed by atoms with Crippen LogP contribution in [0.1, 0.15) is 49.8 Å². The first-order valence-corrected chi connectivity index (χ1v) is 11.4. The summed E-state index contributed by atoms with van der Waals surface area (Å²) in [6, 6.07) is 8.56. The Kier molecular flexibility index (Phi) is 7.74. The first-order chi connectivity index (χ1) is 12.7. The second kappa shape index (κ2) is 10.3. The molecule has 3 aromatic heterocycles. The highest BCUT2D eigenvalue weighted by Crippen LogP contribution is 2.30. The Bertz CT molecular complexity index is 778. The standard InChI is InChI=1S/C12H9ClN2S2.C8H17N/c13-11-6-10(12-9(15-11)3-5-17-12)14-7-8-2-1-4-16-8;9-8-6-4-2-1-3-5-7-8/h1-6H,7H2,(H,14,15);8H,1-7,9H2. The second-order valence-corrected chi connectivity index (χ2v) is 9.00. The highest BCUT2D eigenvalue weighted by molar-refractivity contribution is 7.17. The van der Waals surface area contributed by atoms with Crippen molar-refractivity contribution in [1.82, 2.24) is 4.98 Å². The molecular formula is C20H26ClN3S2. The predicted molar refractivity (Wildman–Crippen MR) is 117 cm³/mol. The van der Waals surface area contributed by atoms with E-state index in [-0.39, 0.29) is 0 Å². The molecule has 0 radical (unpaired) electrons. The van der Waals surface area contributed by atoms with Gasteiger partial charge in [-0.3, -0.25) is 0 Å². The van der Waals surface area contributed by atoms with E-state index >= 15 is 0 Å². The maximum absolute atomic E-state index is 6.00. The van der Waals surface area contributed by atoms with Gasteiger partial charge >= 0.3 is 0 Å². The summed E-state index contributed by atoms with van der Waals surface area (Å²) in [7, 11) is 0. The monoisotopic (exact) mass is 407 g/mol. The van der Waals surface area contributed by atoms with Crippen LogP contribution < -0.4 is 11.1 Å². The van der Waals surface area contributed by atoms with Crippen LogP contribution in [0.5, 0.6) is 0 Å². The Morgan fingerprint density at radius 2 is 1.85 bits per heavy atom. The van der Waals surface area contributed by atoms with Gasteiger partial charge in [0.25, 0.3) is 0 Å². The van der Waals surface area contributed by atoms with Crippen LogP contribution in [0.25, 0.3) is 10.2 Å². The molecule has 0 spiro atoms. The third-order valence-electron chi connectivity index (χ3n) is 4.56. The second-order valence-electron chi connectivity index (χ2n) is 6.67. The van der Waals surface area contributed by atoms with Gasteiger partial charge in [0.15, 0.2) is 0 Å². The number of rotatable bonds is 3. The van der Waals surface area contributed by atoms with Crippen LogP contribution in [-0.2, 0) is 6.54 Å². The van der Waals surface area contributed by atoms with Crippen LogP contribution in [0.2, 0.25) is 5.15 Å². The maximum Gasteiger partial charge on any atom is 0.131 e. The van der Waals surface area contributed by atoms with Crippen molar-refractivity contribution in [1.29, 1.82) is 0 Å². The van der Waals surface area contributed by atoms with Gasteiger partial charge in [0.05, 0.1) is 15.9 Å². The van der Waals surface area contributed by atoms with E-state index < -0.39 is 0 Å². The third kappa shape index (κ3) is 5.95. The molecule has 0 atom stereocenters. The van der Waals surface area contributed by atoms with Crippen LogP contribution in [0, 0.1) is 0 Å². The topological polar surface area (TPSA) is 50.9 Å². The molecule has 1 saturated carbocycles. The summed E-state index contributed by atoms with van der Waals surface area (Å²) in [6.07, 6.45) is 9.51. The van der Waals surface area contributed by atoms with Crippen LogP contribution in [0.15, 0.2) is 35.0 Å². The fourth-order valence-electron chi connectivity index (χ4n) is 3.14. The summed E-state index contributed by atoms with van der Waals surface area (Å²) in [5.74, 6) is 0. The predicted octanol–water partition coefficient (Wildman–Crippen LogP) is 6.68. The first-order valence-electron chi connectivity index (χ1n) is 9.28. The van der Waals surface area contributed by atoms with Gasteiger partial charge < -0.3 is 11.1 Å². The van der Waals surface area contributed by atoms with E-state index in [0.717, 1.165) is 22.4 Å². The first kappa shape index (κ1) is 19.6. The lowest BCUT2D eigenvalue weighted by atomic mass is 9.98. The Morgan fingerprint density at radius 3 is 2.58 bits per heavy atom. The van der Waals surface area contributed by atoms with E-state index in [2.05, 4.69) is 27.8 Å². The zero-order valence-corrected chi connectivity index (χ0v) is 17.3. The maximum atomic E-state index is 6.00. The molecule has 1 fully saturated rings. The summed E-state index contributed by atoms with van der Waals surface area (Å²) in [5.41, 5.74) is 7.82. The summed E-state index contributed by atoms with van der Waals surface area (Å²) in [5, 5.41) is 8.06. The molecule has 1 aliphatic carbocycles. The van der Waals surface area contributed by atoms with Crippen molar-refractivity contribution in [2.24, 2.45) is 5.73 Å². The Balaban J connectivity index is 0.000000185. The number of pyridine rings is 1. The zero-order chi connectivity index (χ0) is 18.2. The number of fused-ring (bicyclic) bond motifs is 1. The quantitative estimate of drug-likeness (QED) is 0.476. The van der Waals surface area contributed by atoms with Gasteiger partial charge in [-0.15, -0.1) is 22.7 Å². The van der Waals surface area contributed by atoms with Crippen molar-refractivity contribution < 1.29 is 0 Å². The highest BCUT2D eigenvalue weighted by Gasteiger charge is 2.06. The number of aromatic nitrogens is 1. The van der Waals surface area contributed by atoms with E-state index in [0.29, 0.717) is 11.2 Å². The molecule has 0 bridgehead atoms. The van der Waals surface area contributed by atoms with Gasteiger partial charge in [-0.25, -0.2) is 4.98 Å². The molecule has 6 heteroatoms. The number of anilines is 1. The molecule has 0 amide bonds. The number of nitrogens with two attached hydrogens (primary N) is 1. The van der Waals surface area contributed by atoms with Gasteiger partial charge in [0.1, 0.15) is 5.15 Å². The van der Waals surface area contributed by atoms with E-state index in [1.807, 2.05) is 17.5 Å². The van der Waals surface area contributed by atoms with Crippen LogP contribution in [-0.4, -0.2) is 11.0 Å². The van der Waals surface area contributed by atoms with Gasteiger partial charge in [0.2, 0.25) is 0 Å². The SMILES string of the molecule is Clc1cc(NCc2cccs2)c2sccc2n1.NC1CCCCCCC1. The minimum atomic E-state index is 0.519. The van der Waals surface area contributed by atoms with Crippen molar-refractivity contribution in [3.63, 3.8) is 0 Å². The lowest BCUT2D eigenvalue weighted by molar-refractivity contribution is 0.453. The van der Waals surface area contributed by atoms with Crippen LogP contribution >= 0.6 is 34.3 Å². The number of hydrogen-bond donors (Lipinski definition) is 2. The molecule has 1 aliphatic rings. The summed E-state index contributed by atoms with van der Waals surface area (Å²) >= 11 is 9.42. The Hall–Kier alpha value is -1.14. The van der Waals surface area contributed by atoms with E-state index in [4.69, 9.17) is 17.3 Å².